The van der Waals surface area contributed by atoms with Crippen LogP contribution in [-0.2, 0) is 9.53 Å². The molecule has 2 aromatic heterocycles. The van der Waals surface area contributed by atoms with Crippen molar-refractivity contribution in [3.05, 3.63) is 71.7 Å². The molecule has 0 aliphatic rings. The number of hydrogen-bond donors (Lipinski definition) is 0. The van der Waals surface area contributed by atoms with Crippen LogP contribution in [0.5, 0.6) is 0 Å². The molecule has 0 amide bonds. The highest BCUT2D eigenvalue weighted by Gasteiger charge is 2.27. The zero-order valence-electron chi connectivity index (χ0n) is 12.7. The van der Waals surface area contributed by atoms with Gasteiger partial charge in [0, 0.05) is 6.20 Å². The van der Waals surface area contributed by atoms with Gasteiger partial charge in [-0.25, -0.2) is 4.98 Å². The van der Waals surface area contributed by atoms with Crippen molar-refractivity contribution in [1.82, 2.24) is 9.38 Å². The normalized spacial score (nSPS) is 12.3. The Bertz CT molecular complexity index is 793. The van der Waals surface area contributed by atoms with Crippen molar-refractivity contribution < 1.29 is 9.53 Å². The number of pyridine rings is 1. The number of aromatic nitrogens is 2. The summed E-state index contributed by atoms with van der Waals surface area (Å²) in [6, 6.07) is 13.6. The minimum absolute atomic E-state index is 0.253. The smallest absolute Gasteiger partial charge is 0.319 e. The fraction of sp³-hybridized carbons (Fsp3) is 0.222. The molecule has 0 fully saturated rings. The van der Waals surface area contributed by atoms with E-state index in [9.17, 15) is 4.79 Å². The van der Waals surface area contributed by atoms with Crippen molar-refractivity contribution in [1.29, 1.82) is 0 Å². The van der Waals surface area contributed by atoms with E-state index in [0.717, 1.165) is 22.5 Å². The molecule has 0 aliphatic carbocycles. The first kappa shape index (κ1) is 14.3. The lowest BCUT2D eigenvalue weighted by atomic mass is 9.96. The molecule has 0 radical (unpaired) electrons. The van der Waals surface area contributed by atoms with Crippen LogP contribution in [0.4, 0.5) is 0 Å². The van der Waals surface area contributed by atoms with Gasteiger partial charge in [0.1, 0.15) is 11.6 Å². The number of imidazole rings is 1. The molecule has 3 aromatic rings. The van der Waals surface area contributed by atoms with Gasteiger partial charge in [0.2, 0.25) is 0 Å². The molecule has 1 aromatic carbocycles. The third kappa shape index (κ3) is 2.60. The molecule has 0 saturated heterocycles. The molecule has 112 valence electrons. The van der Waals surface area contributed by atoms with Gasteiger partial charge in [0.05, 0.1) is 18.5 Å². The van der Waals surface area contributed by atoms with Gasteiger partial charge in [-0.3, -0.25) is 4.79 Å². The molecule has 22 heavy (non-hydrogen) atoms. The standard InChI is InChI=1S/C18H18N2O2/c1-3-22-18(21)17(14-7-5-4-6-8-14)15-11-19-16-10-9-13(2)12-20(15)16/h4-12,17H,3H2,1-2H3. The third-order valence-electron chi connectivity index (χ3n) is 3.63. The summed E-state index contributed by atoms with van der Waals surface area (Å²) in [7, 11) is 0. The third-order valence-corrected chi connectivity index (χ3v) is 3.63. The largest absolute Gasteiger partial charge is 0.465 e. The molecular formula is C18H18N2O2. The van der Waals surface area contributed by atoms with E-state index in [-0.39, 0.29) is 5.97 Å². The van der Waals surface area contributed by atoms with E-state index in [1.807, 2.05) is 66.9 Å². The number of rotatable bonds is 4. The number of fused-ring (bicyclic) bond motifs is 1. The van der Waals surface area contributed by atoms with Gasteiger partial charge in [-0.1, -0.05) is 36.4 Å². The molecule has 4 heteroatoms. The van der Waals surface area contributed by atoms with Crippen LogP contribution in [0.3, 0.4) is 0 Å². The summed E-state index contributed by atoms with van der Waals surface area (Å²) in [4.78, 5) is 16.9. The molecule has 1 unspecified atom stereocenters. The van der Waals surface area contributed by atoms with Crippen LogP contribution >= 0.6 is 0 Å². The quantitative estimate of drug-likeness (QED) is 0.693. The van der Waals surface area contributed by atoms with Gasteiger partial charge < -0.3 is 9.14 Å². The van der Waals surface area contributed by atoms with E-state index in [0.29, 0.717) is 6.61 Å². The lowest BCUT2D eigenvalue weighted by molar-refractivity contribution is -0.143. The summed E-state index contributed by atoms with van der Waals surface area (Å²) in [6.07, 6.45) is 3.75. The van der Waals surface area contributed by atoms with Crippen molar-refractivity contribution in [2.24, 2.45) is 0 Å². The summed E-state index contributed by atoms with van der Waals surface area (Å²) >= 11 is 0. The highest BCUT2D eigenvalue weighted by molar-refractivity contribution is 5.82. The van der Waals surface area contributed by atoms with E-state index < -0.39 is 5.92 Å². The van der Waals surface area contributed by atoms with E-state index in [1.54, 1.807) is 6.20 Å². The minimum Gasteiger partial charge on any atom is -0.465 e. The number of benzene rings is 1. The molecule has 0 bridgehead atoms. The van der Waals surface area contributed by atoms with E-state index in [2.05, 4.69) is 4.98 Å². The second-order valence-corrected chi connectivity index (χ2v) is 5.21. The van der Waals surface area contributed by atoms with Crippen molar-refractivity contribution in [3.63, 3.8) is 0 Å². The summed E-state index contributed by atoms with van der Waals surface area (Å²) in [5.74, 6) is -0.727. The average molecular weight is 294 g/mol. The first-order chi connectivity index (χ1) is 10.7. The van der Waals surface area contributed by atoms with Crippen LogP contribution in [0.25, 0.3) is 5.65 Å². The van der Waals surface area contributed by atoms with Crippen molar-refractivity contribution in [2.75, 3.05) is 6.61 Å². The summed E-state index contributed by atoms with van der Waals surface area (Å²) in [5, 5.41) is 0. The van der Waals surface area contributed by atoms with Crippen molar-refractivity contribution in [2.45, 2.75) is 19.8 Å². The first-order valence-corrected chi connectivity index (χ1v) is 7.36. The molecule has 4 nitrogen and oxygen atoms in total. The van der Waals surface area contributed by atoms with Gasteiger partial charge in [0.15, 0.2) is 0 Å². The van der Waals surface area contributed by atoms with Crippen LogP contribution in [0.2, 0.25) is 0 Å². The summed E-state index contributed by atoms with van der Waals surface area (Å²) < 4.78 is 7.24. The lowest BCUT2D eigenvalue weighted by Crippen LogP contribution is -2.18. The van der Waals surface area contributed by atoms with Crippen LogP contribution in [-0.4, -0.2) is 22.0 Å². The van der Waals surface area contributed by atoms with Gasteiger partial charge in [-0.15, -0.1) is 0 Å². The Morgan fingerprint density at radius 3 is 2.73 bits per heavy atom. The van der Waals surface area contributed by atoms with Gasteiger partial charge in [-0.2, -0.15) is 0 Å². The van der Waals surface area contributed by atoms with Gasteiger partial charge in [-0.05, 0) is 31.0 Å². The fourth-order valence-corrected chi connectivity index (χ4v) is 2.62. The molecule has 0 N–H and O–H groups in total. The predicted octanol–water partition coefficient (Wildman–Crippen LogP) is 3.34. The molecule has 2 heterocycles. The van der Waals surface area contributed by atoms with Gasteiger partial charge in [0.25, 0.3) is 0 Å². The Hall–Kier alpha value is -2.62. The van der Waals surface area contributed by atoms with E-state index >= 15 is 0 Å². The molecule has 0 spiro atoms. The van der Waals surface area contributed by atoms with E-state index in [1.165, 1.54) is 0 Å². The Morgan fingerprint density at radius 2 is 2.00 bits per heavy atom. The Morgan fingerprint density at radius 1 is 1.23 bits per heavy atom. The second-order valence-electron chi connectivity index (χ2n) is 5.21. The SMILES string of the molecule is CCOC(=O)C(c1ccccc1)c1cnc2ccc(C)cn12. The average Bonchev–Trinajstić information content (AvgIpc) is 2.92. The Balaban J connectivity index is 2.15. The molecule has 0 aliphatic heterocycles. The number of ether oxygens (including phenoxy) is 1. The Labute approximate surface area is 129 Å². The predicted molar refractivity (Wildman–Crippen MR) is 84.8 cm³/mol. The van der Waals surface area contributed by atoms with Gasteiger partial charge >= 0.3 is 5.97 Å². The highest BCUT2D eigenvalue weighted by Crippen LogP contribution is 2.27. The van der Waals surface area contributed by atoms with Crippen LogP contribution < -0.4 is 0 Å². The number of carbonyl (C=O) groups excluding carboxylic acids is 1. The van der Waals surface area contributed by atoms with Crippen molar-refractivity contribution in [3.8, 4) is 0 Å². The maximum Gasteiger partial charge on any atom is 0.319 e. The second kappa shape index (κ2) is 6.02. The van der Waals surface area contributed by atoms with Crippen LogP contribution in [0, 0.1) is 6.92 Å². The Kier molecular flexibility index (Phi) is 3.92. The number of aryl methyl sites for hydroxylation is 1. The van der Waals surface area contributed by atoms with E-state index in [4.69, 9.17) is 4.74 Å². The fourth-order valence-electron chi connectivity index (χ4n) is 2.62. The first-order valence-electron chi connectivity index (χ1n) is 7.36. The summed E-state index contributed by atoms with van der Waals surface area (Å²) in [5.41, 5.74) is 3.67. The lowest BCUT2D eigenvalue weighted by Gasteiger charge is -2.16. The number of hydrogen-bond acceptors (Lipinski definition) is 3. The molecule has 0 saturated carbocycles. The maximum absolute atomic E-state index is 12.5. The summed E-state index contributed by atoms with van der Waals surface area (Å²) in [6.45, 7) is 4.20. The maximum atomic E-state index is 12.5. The highest BCUT2D eigenvalue weighted by atomic mass is 16.5. The van der Waals surface area contributed by atoms with Crippen LogP contribution in [0.1, 0.15) is 29.7 Å². The van der Waals surface area contributed by atoms with Crippen molar-refractivity contribution >= 4 is 11.6 Å². The topological polar surface area (TPSA) is 43.6 Å². The zero-order valence-corrected chi connectivity index (χ0v) is 12.7. The molecular weight excluding hydrogens is 276 g/mol. The monoisotopic (exact) mass is 294 g/mol. The number of carbonyl (C=O) groups is 1. The minimum atomic E-state index is -0.474. The zero-order chi connectivity index (χ0) is 15.5. The molecule has 3 rings (SSSR count). The van der Waals surface area contributed by atoms with Crippen LogP contribution in [0.15, 0.2) is 54.9 Å². The number of nitrogens with zero attached hydrogens (tertiary/aromatic N) is 2. The number of esters is 1. The molecule has 1 atom stereocenters.